The van der Waals surface area contributed by atoms with Crippen LogP contribution in [0, 0.1) is 11.8 Å². The maximum atomic E-state index is 10.3. The number of nitrogens with two attached hydrogens (primary N) is 1. The van der Waals surface area contributed by atoms with E-state index in [9.17, 15) is 10.2 Å². The Morgan fingerprint density at radius 3 is 2.90 bits per heavy atom. The third kappa shape index (κ3) is 3.57. The van der Waals surface area contributed by atoms with Gasteiger partial charge in [-0.05, 0) is 50.0 Å². The smallest absolute Gasteiger partial charge is 0.156 e. The Labute approximate surface area is 126 Å². The molecule has 2 aliphatic carbocycles. The summed E-state index contributed by atoms with van der Waals surface area (Å²) in [7, 11) is 0. The van der Waals surface area contributed by atoms with E-state index in [1.54, 1.807) is 0 Å². The quantitative estimate of drug-likeness (QED) is 0.742. The van der Waals surface area contributed by atoms with Gasteiger partial charge in [-0.25, -0.2) is 0 Å². The molecule has 4 heteroatoms. The Morgan fingerprint density at radius 1 is 1.24 bits per heavy atom. The standard InChI is InChI=1S/C17H27NO3/c18-13-9-14(21-16(20)10-13)8-7-12-4-1-3-11-5-2-6-15(19)17(11)12/h1,3,5,12-17,19-20H,2,4,6-10,18H2. The van der Waals surface area contributed by atoms with Gasteiger partial charge in [0.2, 0.25) is 0 Å². The van der Waals surface area contributed by atoms with Crippen molar-refractivity contribution in [2.24, 2.45) is 17.6 Å². The molecule has 6 unspecified atom stereocenters. The van der Waals surface area contributed by atoms with Crippen molar-refractivity contribution in [2.75, 3.05) is 0 Å². The molecular weight excluding hydrogens is 266 g/mol. The second kappa shape index (κ2) is 6.61. The molecule has 21 heavy (non-hydrogen) atoms. The number of allylic oxidation sites excluding steroid dienone is 3. The minimum atomic E-state index is -0.708. The van der Waals surface area contributed by atoms with Crippen molar-refractivity contribution in [2.45, 2.75) is 69.5 Å². The van der Waals surface area contributed by atoms with Gasteiger partial charge in [-0.3, -0.25) is 0 Å². The first kappa shape index (κ1) is 15.2. The molecule has 1 saturated heterocycles. The summed E-state index contributed by atoms with van der Waals surface area (Å²) in [6, 6.07) is 0.0423. The largest absolute Gasteiger partial charge is 0.392 e. The SMILES string of the molecule is NC1CC(O)OC(CCC2CC=CC3=CCCC(O)C32)C1. The van der Waals surface area contributed by atoms with Crippen molar-refractivity contribution in [1.29, 1.82) is 0 Å². The Kier molecular flexibility index (Phi) is 4.79. The topological polar surface area (TPSA) is 75.7 Å². The number of rotatable bonds is 3. The first-order chi connectivity index (χ1) is 10.1. The zero-order valence-corrected chi connectivity index (χ0v) is 12.5. The third-order valence-electron chi connectivity index (χ3n) is 5.18. The normalized spacial score (nSPS) is 43.3. The van der Waals surface area contributed by atoms with Gasteiger partial charge in [-0.2, -0.15) is 0 Å². The lowest BCUT2D eigenvalue weighted by atomic mass is 9.70. The maximum Gasteiger partial charge on any atom is 0.156 e. The molecule has 118 valence electrons. The van der Waals surface area contributed by atoms with E-state index in [4.69, 9.17) is 10.5 Å². The lowest BCUT2D eigenvalue weighted by Gasteiger charge is -2.38. The predicted molar refractivity (Wildman–Crippen MR) is 81.4 cm³/mol. The number of aliphatic hydroxyl groups is 2. The summed E-state index contributed by atoms with van der Waals surface area (Å²) >= 11 is 0. The van der Waals surface area contributed by atoms with Gasteiger partial charge >= 0.3 is 0 Å². The summed E-state index contributed by atoms with van der Waals surface area (Å²) in [5.41, 5.74) is 7.26. The van der Waals surface area contributed by atoms with Crippen molar-refractivity contribution >= 4 is 0 Å². The molecule has 6 atom stereocenters. The Balaban J connectivity index is 1.58. The van der Waals surface area contributed by atoms with Crippen LogP contribution < -0.4 is 5.73 Å². The van der Waals surface area contributed by atoms with Gasteiger partial charge in [0.25, 0.3) is 0 Å². The summed E-state index contributed by atoms with van der Waals surface area (Å²) in [5, 5.41) is 20.0. The highest BCUT2D eigenvalue weighted by Crippen LogP contribution is 2.40. The molecule has 3 aliphatic rings. The van der Waals surface area contributed by atoms with Crippen molar-refractivity contribution in [3.8, 4) is 0 Å². The molecule has 0 radical (unpaired) electrons. The fourth-order valence-electron chi connectivity index (χ4n) is 4.16. The van der Waals surface area contributed by atoms with E-state index in [0.717, 1.165) is 38.5 Å². The zero-order valence-electron chi connectivity index (χ0n) is 12.5. The van der Waals surface area contributed by atoms with Crippen molar-refractivity contribution < 1.29 is 14.9 Å². The summed E-state index contributed by atoms with van der Waals surface area (Å²) in [6.07, 6.45) is 12.0. The van der Waals surface area contributed by atoms with Crippen LogP contribution in [0.4, 0.5) is 0 Å². The van der Waals surface area contributed by atoms with Crippen LogP contribution in [-0.4, -0.2) is 34.8 Å². The Hall–Kier alpha value is -0.680. The lowest BCUT2D eigenvalue weighted by molar-refractivity contribution is -0.169. The second-order valence-electron chi connectivity index (χ2n) is 6.79. The summed E-state index contributed by atoms with van der Waals surface area (Å²) in [4.78, 5) is 0. The van der Waals surface area contributed by atoms with Gasteiger partial charge in [-0.1, -0.05) is 18.2 Å². The molecule has 0 saturated carbocycles. The molecule has 0 spiro atoms. The predicted octanol–water partition coefficient (Wildman–Crippen LogP) is 1.86. The minimum absolute atomic E-state index is 0.0423. The average molecular weight is 293 g/mol. The molecule has 0 aromatic carbocycles. The lowest BCUT2D eigenvalue weighted by Crippen LogP contribution is -2.40. The third-order valence-corrected chi connectivity index (χ3v) is 5.18. The van der Waals surface area contributed by atoms with E-state index in [0.29, 0.717) is 12.3 Å². The highest BCUT2D eigenvalue weighted by molar-refractivity contribution is 5.29. The molecule has 0 amide bonds. The Morgan fingerprint density at radius 2 is 2.10 bits per heavy atom. The van der Waals surface area contributed by atoms with Crippen molar-refractivity contribution in [3.63, 3.8) is 0 Å². The van der Waals surface area contributed by atoms with Crippen LogP contribution in [0.5, 0.6) is 0 Å². The fourth-order valence-corrected chi connectivity index (χ4v) is 4.16. The molecule has 0 aromatic heterocycles. The highest BCUT2D eigenvalue weighted by Gasteiger charge is 2.35. The van der Waals surface area contributed by atoms with Gasteiger partial charge in [0.1, 0.15) is 0 Å². The number of fused-ring (bicyclic) bond motifs is 1. The van der Waals surface area contributed by atoms with Gasteiger partial charge in [0, 0.05) is 18.4 Å². The minimum Gasteiger partial charge on any atom is -0.392 e. The van der Waals surface area contributed by atoms with E-state index in [1.165, 1.54) is 5.57 Å². The monoisotopic (exact) mass is 293 g/mol. The van der Waals surface area contributed by atoms with E-state index in [2.05, 4.69) is 18.2 Å². The van der Waals surface area contributed by atoms with Gasteiger partial charge in [-0.15, -0.1) is 0 Å². The summed E-state index contributed by atoms with van der Waals surface area (Å²) < 4.78 is 5.59. The molecule has 1 heterocycles. The van der Waals surface area contributed by atoms with Crippen LogP contribution in [0.15, 0.2) is 23.8 Å². The van der Waals surface area contributed by atoms with Crippen LogP contribution >= 0.6 is 0 Å². The number of hydrogen-bond donors (Lipinski definition) is 3. The first-order valence-electron chi connectivity index (χ1n) is 8.27. The zero-order chi connectivity index (χ0) is 14.8. The maximum absolute atomic E-state index is 10.3. The molecule has 3 rings (SSSR count). The molecule has 4 N–H and O–H groups in total. The fraction of sp³-hybridized carbons (Fsp3) is 0.765. The number of ether oxygens (including phenoxy) is 1. The number of hydrogen-bond acceptors (Lipinski definition) is 4. The Bertz CT molecular complexity index is 410. The molecule has 0 aromatic rings. The molecule has 1 fully saturated rings. The average Bonchev–Trinajstić information content (AvgIpc) is 2.44. The van der Waals surface area contributed by atoms with Crippen LogP contribution in [0.2, 0.25) is 0 Å². The van der Waals surface area contributed by atoms with E-state index in [-0.39, 0.29) is 24.2 Å². The molecule has 4 nitrogen and oxygen atoms in total. The first-order valence-corrected chi connectivity index (χ1v) is 8.27. The van der Waals surface area contributed by atoms with Crippen molar-refractivity contribution in [3.05, 3.63) is 23.8 Å². The summed E-state index contributed by atoms with van der Waals surface area (Å²) in [5.74, 6) is 0.765. The van der Waals surface area contributed by atoms with Crippen LogP contribution in [-0.2, 0) is 4.74 Å². The van der Waals surface area contributed by atoms with Gasteiger partial charge in [0.05, 0.1) is 12.2 Å². The highest BCUT2D eigenvalue weighted by atomic mass is 16.6. The van der Waals surface area contributed by atoms with Gasteiger partial charge < -0.3 is 20.7 Å². The second-order valence-corrected chi connectivity index (χ2v) is 6.79. The van der Waals surface area contributed by atoms with Crippen LogP contribution in [0.1, 0.15) is 44.9 Å². The molecular formula is C17H27NO3. The van der Waals surface area contributed by atoms with Crippen LogP contribution in [0.3, 0.4) is 0 Å². The van der Waals surface area contributed by atoms with E-state index < -0.39 is 6.29 Å². The molecule has 1 aliphatic heterocycles. The van der Waals surface area contributed by atoms with Crippen LogP contribution in [0.25, 0.3) is 0 Å². The van der Waals surface area contributed by atoms with E-state index >= 15 is 0 Å². The molecule has 0 bridgehead atoms. The van der Waals surface area contributed by atoms with Crippen molar-refractivity contribution in [1.82, 2.24) is 0 Å². The van der Waals surface area contributed by atoms with E-state index in [1.807, 2.05) is 0 Å². The van der Waals surface area contributed by atoms with Gasteiger partial charge in [0.15, 0.2) is 6.29 Å². The summed E-state index contributed by atoms with van der Waals surface area (Å²) in [6.45, 7) is 0. The number of aliphatic hydroxyl groups excluding tert-OH is 2.